The van der Waals surface area contributed by atoms with Crippen LogP contribution in [0.4, 0.5) is 5.69 Å². The van der Waals surface area contributed by atoms with Gasteiger partial charge in [0, 0.05) is 12.1 Å². The summed E-state index contributed by atoms with van der Waals surface area (Å²) in [6, 6.07) is 14.6. The van der Waals surface area contributed by atoms with Crippen LogP contribution in [0.3, 0.4) is 0 Å². The molecule has 0 aliphatic heterocycles. The third kappa shape index (κ3) is 6.10. The van der Waals surface area contributed by atoms with Crippen molar-refractivity contribution in [2.45, 2.75) is 39.5 Å². The van der Waals surface area contributed by atoms with Crippen molar-refractivity contribution in [3.8, 4) is 0 Å². The first-order valence-electron chi connectivity index (χ1n) is 9.36. The fourth-order valence-corrected chi connectivity index (χ4v) is 2.98. The zero-order valence-electron chi connectivity index (χ0n) is 16.1. The van der Waals surface area contributed by atoms with Crippen molar-refractivity contribution in [2.24, 2.45) is 5.92 Å². The second-order valence-corrected chi connectivity index (χ2v) is 7.40. The maximum Gasteiger partial charge on any atom is 0.251 e. The van der Waals surface area contributed by atoms with Crippen LogP contribution < -0.4 is 10.6 Å². The Labute approximate surface area is 166 Å². The van der Waals surface area contributed by atoms with Gasteiger partial charge in [0.15, 0.2) is 0 Å². The summed E-state index contributed by atoms with van der Waals surface area (Å²) >= 11 is 6.24. The van der Waals surface area contributed by atoms with Crippen molar-refractivity contribution in [2.75, 3.05) is 11.9 Å². The van der Waals surface area contributed by atoms with Crippen molar-refractivity contribution >= 4 is 29.1 Å². The molecule has 2 rings (SSSR count). The van der Waals surface area contributed by atoms with Crippen molar-refractivity contribution < 1.29 is 9.59 Å². The summed E-state index contributed by atoms with van der Waals surface area (Å²) in [4.78, 5) is 25.1. The number of rotatable bonds is 8. The molecule has 1 atom stereocenters. The minimum absolute atomic E-state index is 0.136. The average molecular weight is 387 g/mol. The van der Waals surface area contributed by atoms with Crippen LogP contribution in [0, 0.1) is 5.92 Å². The second kappa shape index (κ2) is 10.1. The van der Waals surface area contributed by atoms with E-state index in [-0.39, 0.29) is 17.7 Å². The number of carbonyl (C=O) groups is 2. The number of hydrogen-bond donors (Lipinski definition) is 2. The molecule has 0 spiro atoms. The van der Waals surface area contributed by atoms with Crippen LogP contribution in [0.25, 0.3) is 0 Å². The van der Waals surface area contributed by atoms with E-state index >= 15 is 0 Å². The van der Waals surface area contributed by atoms with Crippen molar-refractivity contribution in [3.63, 3.8) is 0 Å². The molecular weight excluding hydrogens is 360 g/mol. The molecular formula is C22H27ClN2O2. The molecule has 0 aliphatic rings. The van der Waals surface area contributed by atoms with Crippen LogP contribution in [0.5, 0.6) is 0 Å². The lowest BCUT2D eigenvalue weighted by atomic mass is 9.95. The highest BCUT2D eigenvalue weighted by atomic mass is 35.5. The molecule has 0 fully saturated rings. The monoisotopic (exact) mass is 386 g/mol. The molecule has 144 valence electrons. The van der Waals surface area contributed by atoms with Gasteiger partial charge in [-0.2, -0.15) is 0 Å². The smallest absolute Gasteiger partial charge is 0.251 e. The molecule has 2 amide bonds. The van der Waals surface area contributed by atoms with Gasteiger partial charge in [0.2, 0.25) is 5.91 Å². The first-order valence-corrected chi connectivity index (χ1v) is 9.73. The summed E-state index contributed by atoms with van der Waals surface area (Å²) in [6.45, 7) is 6.81. The standard InChI is InChI=1S/C22H27ClN2O2/c1-4-18(16-8-6-5-7-9-16)22(27)25-20-14-17(10-11-19(20)23)21(26)24-13-12-15(2)3/h5-11,14-15,18H,4,12-13H2,1-3H3,(H,24,26)(H,25,27)/t18-/m0/s1. The highest BCUT2D eigenvalue weighted by molar-refractivity contribution is 6.34. The molecule has 2 N–H and O–H groups in total. The van der Waals surface area contributed by atoms with E-state index < -0.39 is 0 Å². The third-order valence-corrected chi connectivity index (χ3v) is 4.75. The largest absolute Gasteiger partial charge is 0.352 e. The maximum atomic E-state index is 12.8. The fraction of sp³-hybridized carbons (Fsp3) is 0.364. The number of halogens is 1. The minimum atomic E-state index is -0.272. The summed E-state index contributed by atoms with van der Waals surface area (Å²) in [5, 5.41) is 6.18. The summed E-state index contributed by atoms with van der Waals surface area (Å²) in [6.07, 6.45) is 1.58. The van der Waals surface area contributed by atoms with Crippen LogP contribution in [-0.4, -0.2) is 18.4 Å². The molecule has 0 unspecified atom stereocenters. The Balaban J connectivity index is 2.11. The van der Waals surface area contributed by atoms with Crippen molar-refractivity contribution in [1.82, 2.24) is 5.32 Å². The molecule has 27 heavy (non-hydrogen) atoms. The first kappa shape index (κ1) is 21.0. The number of nitrogens with one attached hydrogen (secondary N) is 2. The van der Waals surface area contributed by atoms with Gasteiger partial charge >= 0.3 is 0 Å². The Bertz CT molecular complexity index is 775. The summed E-state index contributed by atoms with van der Waals surface area (Å²) in [5.74, 6) is -0.0546. The number of carbonyl (C=O) groups excluding carboxylic acids is 2. The van der Waals surface area contributed by atoms with Crippen LogP contribution in [-0.2, 0) is 4.79 Å². The molecule has 0 radical (unpaired) electrons. The van der Waals surface area contributed by atoms with Gasteiger partial charge in [0.1, 0.15) is 0 Å². The van der Waals surface area contributed by atoms with E-state index in [4.69, 9.17) is 11.6 Å². The molecule has 2 aromatic rings. The van der Waals surface area contributed by atoms with Crippen molar-refractivity contribution in [3.05, 3.63) is 64.7 Å². The van der Waals surface area contributed by atoms with Crippen molar-refractivity contribution in [1.29, 1.82) is 0 Å². The Morgan fingerprint density at radius 3 is 2.41 bits per heavy atom. The topological polar surface area (TPSA) is 58.2 Å². The van der Waals surface area contributed by atoms with E-state index in [2.05, 4.69) is 24.5 Å². The average Bonchev–Trinajstić information content (AvgIpc) is 2.64. The Hall–Kier alpha value is -2.33. The molecule has 4 nitrogen and oxygen atoms in total. The van der Waals surface area contributed by atoms with E-state index in [1.165, 1.54) is 0 Å². The summed E-state index contributed by atoms with van der Waals surface area (Å²) in [5.41, 5.74) is 1.88. The molecule has 0 aliphatic carbocycles. The van der Waals surface area contributed by atoms with Crippen LogP contribution in [0.2, 0.25) is 5.02 Å². The fourth-order valence-electron chi connectivity index (χ4n) is 2.82. The van der Waals surface area contributed by atoms with Crippen LogP contribution in [0.1, 0.15) is 55.5 Å². The quantitative estimate of drug-likeness (QED) is 0.651. The van der Waals surface area contributed by atoms with Gasteiger partial charge in [0.25, 0.3) is 5.91 Å². The lowest BCUT2D eigenvalue weighted by molar-refractivity contribution is -0.117. The van der Waals surface area contributed by atoms with E-state index in [1.807, 2.05) is 37.3 Å². The predicted octanol–water partition coefficient (Wildman–Crippen LogP) is 5.25. The first-order chi connectivity index (χ1) is 12.9. The lowest BCUT2D eigenvalue weighted by Gasteiger charge is -2.17. The Morgan fingerprint density at radius 1 is 1.07 bits per heavy atom. The van der Waals surface area contributed by atoms with E-state index in [1.54, 1.807) is 18.2 Å². The third-order valence-electron chi connectivity index (χ3n) is 4.42. The maximum absolute atomic E-state index is 12.8. The van der Waals surface area contributed by atoms with Gasteiger partial charge in [-0.3, -0.25) is 9.59 Å². The minimum Gasteiger partial charge on any atom is -0.352 e. The van der Waals surface area contributed by atoms with Gasteiger partial charge in [-0.1, -0.05) is 62.7 Å². The van der Waals surface area contributed by atoms with Gasteiger partial charge < -0.3 is 10.6 Å². The number of anilines is 1. The van der Waals surface area contributed by atoms with Crippen LogP contribution >= 0.6 is 11.6 Å². The molecule has 0 bridgehead atoms. The van der Waals surface area contributed by atoms with E-state index in [0.29, 0.717) is 35.2 Å². The summed E-state index contributed by atoms with van der Waals surface area (Å²) < 4.78 is 0. The highest BCUT2D eigenvalue weighted by Gasteiger charge is 2.20. The predicted molar refractivity (Wildman–Crippen MR) is 111 cm³/mol. The number of amides is 2. The molecule has 0 aromatic heterocycles. The van der Waals surface area contributed by atoms with Gasteiger partial charge in [0.05, 0.1) is 16.6 Å². The van der Waals surface area contributed by atoms with Gasteiger partial charge in [-0.15, -0.1) is 0 Å². The summed E-state index contributed by atoms with van der Waals surface area (Å²) in [7, 11) is 0. The van der Waals surface area contributed by atoms with Gasteiger partial charge in [-0.05, 0) is 42.5 Å². The second-order valence-electron chi connectivity index (χ2n) is 6.99. The van der Waals surface area contributed by atoms with Crippen LogP contribution in [0.15, 0.2) is 48.5 Å². The molecule has 2 aromatic carbocycles. The molecule has 0 saturated heterocycles. The van der Waals surface area contributed by atoms with Gasteiger partial charge in [-0.25, -0.2) is 0 Å². The number of benzene rings is 2. The molecule has 0 heterocycles. The van der Waals surface area contributed by atoms with E-state index in [9.17, 15) is 9.59 Å². The zero-order chi connectivity index (χ0) is 19.8. The number of hydrogen-bond acceptors (Lipinski definition) is 2. The lowest BCUT2D eigenvalue weighted by Crippen LogP contribution is -2.26. The normalized spacial score (nSPS) is 11.9. The Morgan fingerprint density at radius 2 is 1.78 bits per heavy atom. The van der Waals surface area contributed by atoms with E-state index in [0.717, 1.165) is 12.0 Å². The molecule has 0 saturated carbocycles. The SMILES string of the molecule is CC[C@H](C(=O)Nc1cc(C(=O)NCCC(C)C)ccc1Cl)c1ccccc1. The zero-order valence-corrected chi connectivity index (χ0v) is 16.8. The Kier molecular flexibility index (Phi) is 7.86. The molecule has 5 heteroatoms. The highest BCUT2D eigenvalue weighted by Crippen LogP contribution is 2.26.